The Kier molecular flexibility index (Phi) is 4.76. The van der Waals surface area contributed by atoms with Crippen molar-refractivity contribution in [3.05, 3.63) is 30.3 Å². The number of carbonyl (C=O) groups excluding carboxylic acids is 1. The molecule has 0 spiro atoms. The lowest BCUT2D eigenvalue weighted by molar-refractivity contribution is -0.151. The average Bonchev–Trinajstić information content (AvgIpc) is 2.15. The maximum atomic E-state index is 11.6. The van der Waals surface area contributed by atoms with Crippen LogP contribution in [0.15, 0.2) is 30.3 Å². The number of ether oxygens (including phenoxy) is 1. The lowest BCUT2D eigenvalue weighted by Gasteiger charge is -2.19. The van der Waals surface area contributed by atoms with E-state index in [1.165, 1.54) is 0 Å². The Morgan fingerprint density at radius 2 is 1.82 bits per heavy atom. The highest BCUT2D eigenvalue weighted by Gasteiger charge is 2.18. The summed E-state index contributed by atoms with van der Waals surface area (Å²) in [5.74, 6) is -0.00253. The van der Waals surface area contributed by atoms with Crippen molar-refractivity contribution in [1.29, 1.82) is 0 Å². The summed E-state index contributed by atoms with van der Waals surface area (Å²) in [6.45, 7) is 5.29. The molecule has 0 aliphatic rings. The largest absolute Gasteiger partial charge is 0.460 e. The fourth-order valence-electron chi connectivity index (χ4n) is 1.15. The van der Waals surface area contributed by atoms with Gasteiger partial charge in [0.25, 0.3) is 0 Å². The van der Waals surface area contributed by atoms with Crippen LogP contribution in [0, 0.1) is 0 Å². The molecule has 5 heteroatoms. The lowest BCUT2D eigenvalue weighted by Crippen LogP contribution is -2.25. The smallest absolute Gasteiger partial charge is 0.316 e. The second-order valence-electron chi connectivity index (χ2n) is 4.55. The van der Waals surface area contributed by atoms with Crippen LogP contribution in [0.2, 0.25) is 0 Å². The molecule has 0 aromatic heterocycles. The zero-order chi connectivity index (χ0) is 12.9. The number of benzene rings is 1. The predicted octanol–water partition coefficient (Wildman–Crippen LogP) is 2.88. The van der Waals surface area contributed by atoms with E-state index in [4.69, 9.17) is 9.26 Å². The van der Waals surface area contributed by atoms with Crippen LogP contribution in [0.5, 0.6) is 5.75 Å². The number of carbonyl (C=O) groups is 1. The summed E-state index contributed by atoms with van der Waals surface area (Å²) in [5, 5.41) is 0. The van der Waals surface area contributed by atoms with Gasteiger partial charge in [-0.3, -0.25) is 9.36 Å². The molecule has 1 aromatic rings. The molecule has 0 saturated heterocycles. The molecule has 4 nitrogen and oxygen atoms in total. The first-order valence-electron chi connectivity index (χ1n) is 5.34. The van der Waals surface area contributed by atoms with Gasteiger partial charge in [-0.1, -0.05) is 18.2 Å². The van der Waals surface area contributed by atoms with Crippen molar-refractivity contribution in [1.82, 2.24) is 0 Å². The molecule has 0 aliphatic heterocycles. The second-order valence-corrected chi connectivity index (χ2v) is 5.85. The van der Waals surface area contributed by atoms with E-state index >= 15 is 0 Å². The van der Waals surface area contributed by atoms with Crippen molar-refractivity contribution < 1.29 is 18.6 Å². The molecule has 94 valence electrons. The summed E-state index contributed by atoms with van der Waals surface area (Å²) in [5.41, 5.74) is -0.564. The molecule has 0 aliphatic carbocycles. The van der Waals surface area contributed by atoms with Gasteiger partial charge in [-0.15, -0.1) is 0 Å². The van der Waals surface area contributed by atoms with Crippen LogP contribution >= 0.6 is 8.03 Å². The number of para-hydroxylation sites is 1. The summed E-state index contributed by atoms with van der Waals surface area (Å²) < 4.78 is 21.8. The molecule has 0 fully saturated rings. The quantitative estimate of drug-likeness (QED) is 0.614. The van der Waals surface area contributed by atoms with Crippen LogP contribution in [0.4, 0.5) is 0 Å². The van der Waals surface area contributed by atoms with E-state index in [1.54, 1.807) is 45.0 Å². The Morgan fingerprint density at radius 1 is 1.24 bits per heavy atom. The maximum Gasteiger partial charge on any atom is 0.316 e. The van der Waals surface area contributed by atoms with Gasteiger partial charge in [0.05, 0.1) is 0 Å². The number of esters is 1. The average molecular weight is 256 g/mol. The van der Waals surface area contributed by atoms with Crippen LogP contribution in [0.25, 0.3) is 0 Å². The highest BCUT2D eigenvalue weighted by molar-refractivity contribution is 7.40. The topological polar surface area (TPSA) is 52.6 Å². The van der Waals surface area contributed by atoms with Gasteiger partial charge >= 0.3 is 5.97 Å². The molecule has 0 heterocycles. The Morgan fingerprint density at radius 3 is 2.35 bits per heavy atom. The highest BCUT2D eigenvalue weighted by Crippen LogP contribution is 2.26. The van der Waals surface area contributed by atoms with E-state index in [2.05, 4.69) is 0 Å². The third-order valence-electron chi connectivity index (χ3n) is 1.68. The van der Waals surface area contributed by atoms with E-state index in [-0.39, 0.29) is 6.16 Å². The summed E-state index contributed by atoms with van der Waals surface area (Å²) in [6, 6.07) is 8.77. The van der Waals surface area contributed by atoms with Crippen LogP contribution in [0.3, 0.4) is 0 Å². The third-order valence-corrected chi connectivity index (χ3v) is 2.72. The Balaban J connectivity index is 2.43. The van der Waals surface area contributed by atoms with Crippen LogP contribution in [0.1, 0.15) is 20.8 Å². The first-order valence-corrected chi connectivity index (χ1v) is 6.87. The molecule has 0 amide bonds. The molecule has 0 N–H and O–H groups in total. The molecule has 1 atom stereocenters. The summed E-state index contributed by atoms with van der Waals surface area (Å²) in [6.07, 6.45) is -0.198. The van der Waals surface area contributed by atoms with E-state index in [0.717, 1.165) is 0 Å². The molecule has 1 rings (SSSR count). The van der Waals surface area contributed by atoms with Gasteiger partial charge < -0.3 is 9.26 Å². The highest BCUT2D eigenvalue weighted by atomic mass is 31.1. The van der Waals surface area contributed by atoms with Crippen molar-refractivity contribution in [2.75, 3.05) is 6.16 Å². The van der Waals surface area contributed by atoms with Crippen LogP contribution < -0.4 is 4.52 Å². The van der Waals surface area contributed by atoms with Crippen molar-refractivity contribution in [2.45, 2.75) is 26.4 Å². The Hall–Kier alpha value is -1.28. The second kappa shape index (κ2) is 5.87. The predicted molar refractivity (Wildman–Crippen MR) is 66.8 cm³/mol. The zero-order valence-electron chi connectivity index (χ0n) is 10.2. The lowest BCUT2D eigenvalue weighted by atomic mass is 10.2. The van der Waals surface area contributed by atoms with Crippen molar-refractivity contribution in [3.63, 3.8) is 0 Å². The summed E-state index contributed by atoms with van der Waals surface area (Å²) >= 11 is 0. The summed E-state index contributed by atoms with van der Waals surface area (Å²) in [4.78, 5) is 11.4. The van der Waals surface area contributed by atoms with Gasteiger partial charge in [-0.25, -0.2) is 0 Å². The summed E-state index contributed by atoms with van der Waals surface area (Å²) in [7, 11) is -2.44. The first kappa shape index (κ1) is 13.8. The van der Waals surface area contributed by atoms with Crippen LogP contribution in [-0.2, 0) is 14.1 Å². The molecule has 0 radical (unpaired) electrons. The van der Waals surface area contributed by atoms with Gasteiger partial charge in [0.1, 0.15) is 17.5 Å². The normalized spacial score (nSPS) is 12.9. The molecule has 1 unspecified atom stereocenters. The van der Waals surface area contributed by atoms with E-state index in [9.17, 15) is 9.36 Å². The van der Waals surface area contributed by atoms with E-state index < -0.39 is 19.6 Å². The third kappa shape index (κ3) is 6.12. The monoisotopic (exact) mass is 256 g/mol. The molecule has 0 bridgehead atoms. The van der Waals surface area contributed by atoms with Gasteiger partial charge in [0, 0.05) is 0 Å². The van der Waals surface area contributed by atoms with Gasteiger partial charge in [-0.05, 0) is 32.9 Å². The maximum absolute atomic E-state index is 11.6. The van der Waals surface area contributed by atoms with E-state index in [0.29, 0.717) is 5.75 Å². The fourth-order valence-corrected chi connectivity index (χ4v) is 1.93. The standard InChI is InChI=1S/C12H17O4P/c1-12(2,3)15-11(13)9-17(14)16-10-7-5-4-6-8-10/h4-8,17H,9H2,1-3H3. The molecule has 0 saturated carbocycles. The number of hydrogen-bond donors (Lipinski definition) is 0. The molecule has 1 aromatic carbocycles. The molecular weight excluding hydrogens is 239 g/mol. The van der Waals surface area contributed by atoms with Gasteiger partial charge in [-0.2, -0.15) is 0 Å². The van der Waals surface area contributed by atoms with E-state index in [1.807, 2.05) is 6.07 Å². The van der Waals surface area contributed by atoms with Crippen molar-refractivity contribution in [2.24, 2.45) is 0 Å². The Bertz CT molecular complexity index is 395. The minimum Gasteiger partial charge on any atom is -0.460 e. The Labute approximate surface area is 102 Å². The van der Waals surface area contributed by atoms with Crippen LogP contribution in [-0.4, -0.2) is 17.7 Å². The number of hydrogen-bond acceptors (Lipinski definition) is 4. The first-order chi connectivity index (χ1) is 7.87. The molecular formula is C12H17O4P. The zero-order valence-corrected chi connectivity index (χ0v) is 11.2. The minimum absolute atomic E-state index is 0.198. The number of rotatable bonds is 4. The van der Waals surface area contributed by atoms with Gasteiger partial charge in [0.2, 0.25) is 8.03 Å². The van der Waals surface area contributed by atoms with Crippen molar-refractivity contribution >= 4 is 14.0 Å². The SMILES string of the molecule is CC(C)(C)OC(=O)C[PH](=O)Oc1ccccc1. The molecule has 17 heavy (non-hydrogen) atoms. The van der Waals surface area contributed by atoms with Crippen molar-refractivity contribution in [3.8, 4) is 5.75 Å². The minimum atomic E-state index is -2.44. The fraction of sp³-hybridized carbons (Fsp3) is 0.417. The van der Waals surface area contributed by atoms with Gasteiger partial charge in [0.15, 0.2) is 0 Å².